The van der Waals surface area contributed by atoms with Crippen LogP contribution in [0.4, 0.5) is 0 Å². The van der Waals surface area contributed by atoms with Gasteiger partial charge in [-0.2, -0.15) is 0 Å². The SMILES string of the molecule is CCN(CC)C(=O)CN[C@@H](C(=O)N1CCCC1C(=O)NCCC1CCNCC1)C(c1ccccc1)c1ccccc1. The van der Waals surface area contributed by atoms with Crippen molar-refractivity contribution in [2.45, 2.75) is 64.0 Å². The van der Waals surface area contributed by atoms with Crippen molar-refractivity contribution >= 4 is 17.7 Å². The van der Waals surface area contributed by atoms with Crippen LogP contribution in [0.2, 0.25) is 0 Å². The lowest BCUT2D eigenvalue weighted by Gasteiger charge is -2.34. The summed E-state index contributed by atoms with van der Waals surface area (Å²) in [4.78, 5) is 44.4. The van der Waals surface area contributed by atoms with Gasteiger partial charge in [0.05, 0.1) is 12.6 Å². The van der Waals surface area contributed by atoms with Crippen LogP contribution in [-0.4, -0.2) is 85.4 Å². The summed E-state index contributed by atoms with van der Waals surface area (Å²) in [7, 11) is 0. The smallest absolute Gasteiger partial charge is 0.242 e. The number of piperidine rings is 1. The van der Waals surface area contributed by atoms with Crippen molar-refractivity contribution in [2.24, 2.45) is 5.92 Å². The summed E-state index contributed by atoms with van der Waals surface area (Å²) in [5, 5.41) is 9.89. The predicted octanol–water partition coefficient (Wildman–Crippen LogP) is 3.14. The maximum atomic E-state index is 14.4. The van der Waals surface area contributed by atoms with E-state index in [1.165, 1.54) is 0 Å². The van der Waals surface area contributed by atoms with E-state index < -0.39 is 12.1 Å². The van der Waals surface area contributed by atoms with Gasteiger partial charge in [0.1, 0.15) is 6.04 Å². The zero-order valence-electron chi connectivity index (χ0n) is 24.7. The third kappa shape index (κ3) is 8.17. The van der Waals surface area contributed by atoms with Gasteiger partial charge in [-0.1, -0.05) is 60.7 Å². The van der Waals surface area contributed by atoms with E-state index >= 15 is 0 Å². The number of hydrogen-bond donors (Lipinski definition) is 3. The van der Waals surface area contributed by atoms with Crippen molar-refractivity contribution in [3.8, 4) is 0 Å². The maximum absolute atomic E-state index is 14.4. The second kappa shape index (κ2) is 15.7. The minimum atomic E-state index is -0.706. The first-order valence-electron chi connectivity index (χ1n) is 15.4. The zero-order chi connectivity index (χ0) is 29.0. The highest BCUT2D eigenvalue weighted by atomic mass is 16.2. The van der Waals surface area contributed by atoms with Crippen molar-refractivity contribution in [1.29, 1.82) is 0 Å². The lowest BCUT2D eigenvalue weighted by atomic mass is 9.84. The summed E-state index contributed by atoms with van der Waals surface area (Å²) >= 11 is 0. The summed E-state index contributed by atoms with van der Waals surface area (Å²) in [5.41, 5.74) is 1.98. The highest BCUT2D eigenvalue weighted by Crippen LogP contribution is 2.31. The fraction of sp³-hybridized carbons (Fsp3) is 0.545. The van der Waals surface area contributed by atoms with E-state index in [-0.39, 0.29) is 30.2 Å². The Morgan fingerprint density at radius 1 is 0.927 bits per heavy atom. The molecule has 4 rings (SSSR count). The minimum absolute atomic E-state index is 0.0405. The summed E-state index contributed by atoms with van der Waals surface area (Å²) in [5.74, 6) is 0.0667. The van der Waals surface area contributed by atoms with Crippen LogP contribution >= 0.6 is 0 Å². The van der Waals surface area contributed by atoms with E-state index in [0.29, 0.717) is 38.5 Å². The van der Waals surface area contributed by atoms with E-state index in [0.717, 1.165) is 49.9 Å². The lowest BCUT2D eigenvalue weighted by molar-refractivity contribution is -0.140. The quantitative estimate of drug-likeness (QED) is 0.350. The molecular weight excluding hydrogens is 514 g/mol. The number of carbonyl (C=O) groups excluding carboxylic acids is 3. The molecule has 0 spiro atoms. The normalized spacial score (nSPS) is 18.3. The van der Waals surface area contributed by atoms with Crippen LogP contribution in [0.15, 0.2) is 60.7 Å². The molecule has 2 heterocycles. The van der Waals surface area contributed by atoms with Gasteiger partial charge in [-0.3, -0.25) is 19.7 Å². The van der Waals surface area contributed by atoms with Crippen LogP contribution in [0.25, 0.3) is 0 Å². The molecule has 3 N–H and O–H groups in total. The molecule has 0 bridgehead atoms. The molecule has 8 heteroatoms. The monoisotopic (exact) mass is 561 g/mol. The number of nitrogens with one attached hydrogen (secondary N) is 3. The lowest BCUT2D eigenvalue weighted by Crippen LogP contribution is -2.56. The summed E-state index contributed by atoms with van der Waals surface area (Å²) in [6, 6.07) is 18.7. The first kappa shape index (κ1) is 30.7. The molecule has 0 aliphatic carbocycles. The van der Waals surface area contributed by atoms with Crippen molar-refractivity contribution < 1.29 is 14.4 Å². The Hall–Kier alpha value is -3.23. The Morgan fingerprint density at radius 3 is 2.12 bits per heavy atom. The number of amides is 3. The molecule has 2 aliphatic heterocycles. The van der Waals surface area contributed by atoms with Gasteiger partial charge in [0, 0.05) is 32.1 Å². The maximum Gasteiger partial charge on any atom is 0.242 e. The van der Waals surface area contributed by atoms with Gasteiger partial charge >= 0.3 is 0 Å². The van der Waals surface area contributed by atoms with E-state index in [1.54, 1.807) is 9.80 Å². The largest absolute Gasteiger partial charge is 0.354 e. The van der Waals surface area contributed by atoms with Crippen molar-refractivity contribution in [2.75, 3.05) is 45.8 Å². The number of nitrogens with zero attached hydrogens (tertiary/aromatic N) is 2. The van der Waals surface area contributed by atoms with Crippen LogP contribution < -0.4 is 16.0 Å². The molecule has 2 aromatic carbocycles. The standard InChI is InChI=1S/C33H47N5O3/c1-3-37(4-2)29(39)24-36-31(30(26-12-7-5-8-13-26)27-14-9-6-10-15-27)33(41)38-23-11-16-28(38)32(40)35-22-19-25-17-20-34-21-18-25/h5-10,12-15,25,28,30-31,34,36H,3-4,11,16-24H2,1-2H3,(H,35,40)/t28?,31-/m1/s1. The first-order valence-corrected chi connectivity index (χ1v) is 15.4. The van der Waals surface area contributed by atoms with Crippen molar-refractivity contribution in [3.63, 3.8) is 0 Å². The fourth-order valence-electron chi connectivity index (χ4n) is 6.30. The third-order valence-corrected chi connectivity index (χ3v) is 8.66. The molecule has 2 aromatic rings. The van der Waals surface area contributed by atoms with Gasteiger partial charge in [0.15, 0.2) is 0 Å². The van der Waals surface area contributed by atoms with Gasteiger partial charge in [0.2, 0.25) is 17.7 Å². The number of likely N-dealkylation sites (N-methyl/N-ethyl adjacent to an activating group) is 1. The summed E-state index contributed by atoms with van der Waals surface area (Å²) < 4.78 is 0. The molecule has 2 aliphatic rings. The number of carbonyl (C=O) groups is 3. The molecule has 8 nitrogen and oxygen atoms in total. The second-order valence-corrected chi connectivity index (χ2v) is 11.2. The molecule has 0 aromatic heterocycles. The summed E-state index contributed by atoms with van der Waals surface area (Å²) in [6.07, 6.45) is 4.69. The van der Waals surface area contributed by atoms with Crippen LogP contribution in [0.5, 0.6) is 0 Å². The van der Waals surface area contributed by atoms with Gasteiger partial charge < -0.3 is 20.4 Å². The predicted molar refractivity (Wildman–Crippen MR) is 162 cm³/mol. The van der Waals surface area contributed by atoms with E-state index in [9.17, 15) is 14.4 Å². The second-order valence-electron chi connectivity index (χ2n) is 11.2. The molecule has 2 saturated heterocycles. The van der Waals surface area contributed by atoms with Gasteiger partial charge in [-0.05, 0) is 76.1 Å². The van der Waals surface area contributed by atoms with Crippen molar-refractivity contribution in [1.82, 2.24) is 25.8 Å². The molecule has 41 heavy (non-hydrogen) atoms. The molecule has 0 saturated carbocycles. The van der Waals surface area contributed by atoms with E-state index in [1.807, 2.05) is 74.5 Å². The highest BCUT2D eigenvalue weighted by Gasteiger charge is 2.40. The highest BCUT2D eigenvalue weighted by molar-refractivity contribution is 5.91. The zero-order valence-corrected chi connectivity index (χ0v) is 24.7. The number of benzene rings is 2. The Bertz CT molecular complexity index is 1060. The molecule has 0 radical (unpaired) electrons. The number of hydrogen-bond acceptors (Lipinski definition) is 5. The molecule has 3 amide bonds. The Kier molecular flexibility index (Phi) is 11.8. The van der Waals surface area contributed by atoms with E-state index in [2.05, 4.69) is 16.0 Å². The van der Waals surface area contributed by atoms with Gasteiger partial charge in [-0.15, -0.1) is 0 Å². The van der Waals surface area contributed by atoms with Crippen molar-refractivity contribution in [3.05, 3.63) is 71.8 Å². The van der Waals surface area contributed by atoms with Crippen LogP contribution in [-0.2, 0) is 14.4 Å². The summed E-state index contributed by atoms with van der Waals surface area (Å²) in [6.45, 7) is 8.44. The topological polar surface area (TPSA) is 93.8 Å². The van der Waals surface area contributed by atoms with Crippen LogP contribution in [0.1, 0.15) is 63.0 Å². The Balaban J connectivity index is 1.56. The van der Waals surface area contributed by atoms with Crippen LogP contribution in [0, 0.1) is 5.92 Å². The third-order valence-electron chi connectivity index (χ3n) is 8.66. The Labute approximate surface area is 245 Å². The first-order chi connectivity index (χ1) is 20.0. The molecule has 2 atom stereocenters. The van der Waals surface area contributed by atoms with Gasteiger partial charge in [0.25, 0.3) is 0 Å². The number of likely N-dealkylation sites (tertiary alicyclic amines) is 1. The van der Waals surface area contributed by atoms with E-state index in [4.69, 9.17) is 0 Å². The van der Waals surface area contributed by atoms with Crippen LogP contribution in [0.3, 0.4) is 0 Å². The average Bonchev–Trinajstić information content (AvgIpc) is 3.51. The molecule has 222 valence electrons. The molecular formula is C33H47N5O3. The minimum Gasteiger partial charge on any atom is -0.354 e. The number of rotatable bonds is 13. The average molecular weight is 562 g/mol. The van der Waals surface area contributed by atoms with Gasteiger partial charge in [-0.25, -0.2) is 0 Å². The Morgan fingerprint density at radius 2 is 1.54 bits per heavy atom. The molecule has 2 fully saturated rings. The molecule has 1 unspecified atom stereocenters. The fourth-order valence-corrected chi connectivity index (χ4v) is 6.30.